The van der Waals surface area contributed by atoms with Gasteiger partial charge in [-0.3, -0.25) is 0 Å². The van der Waals surface area contributed by atoms with Crippen molar-refractivity contribution in [3.8, 4) is 0 Å². The highest BCUT2D eigenvalue weighted by atomic mass is 35.5. The zero-order valence-electron chi connectivity index (χ0n) is 9.17. The summed E-state index contributed by atoms with van der Waals surface area (Å²) in [5, 5.41) is 13.2. The molecule has 1 rings (SSSR count). The van der Waals surface area contributed by atoms with E-state index in [1.165, 1.54) is 32.1 Å². The molecule has 0 aromatic heterocycles. The van der Waals surface area contributed by atoms with Crippen LogP contribution in [0.3, 0.4) is 0 Å². The Morgan fingerprint density at radius 3 is 2.64 bits per heavy atom. The summed E-state index contributed by atoms with van der Waals surface area (Å²) in [6, 6.07) is 0.369. The number of aliphatic hydroxyl groups is 1. The average Bonchev–Trinajstić information content (AvgIpc) is 2.32. The van der Waals surface area contributed by atoms with Crippen LogP contribution in [0.4, 0.5) is 0 Å². The van der Waals surface area contributed by atoms with Crippen LogP contribution in [0.15, 0.2) is 0 Å². The Bertz CT molecular complexity index is 132. The Hall–Kier alpha value is 0.210. The van der Waals surface area contributed by atoms with Gasteiger partial charge in [0.05, 0.1) is 6.10 Å². The minimum Gasteiger partial charge on any atom is -0.392 e. The minimum absolute atomic E-state index is 0. The second kappa shape index (κ2) is 8.51. The highest BCUT2D eigenvalue weighted by Crippen LogP contribution is 2.17. The molecule has 0 radical (unpaired) electrons. The van der Waals surface area contributed by atoms with E-state index in [1.54, 1.807) is 0 Å². The van der Waals surface area contributed by atoms with Gasteiger partial charge in [0.25, 0.3) is 0 Å². The summed E-state index contributed by atoms with van der Waals surface area (Å²) in [6.45, 7) is 3.27. The number of halogens is 1. The van der Waals surface area contributed by atoms with E-state index in [1.807, 2.05) is 0 Å². The third kappa shape index (κ3) is 5.18. The Morgan fingerprint density at radius 1 is 1.21 bits per heavy atom. The largest absolute Gasteiger partial charge is 0.392 e. The predicted octanol–water partition coefficient (Wildman–Crippen LogP) is 2.49. The van der Waals surface area contributed by atoms with E-state index in [4.69, 9.17) is 0 Å². The van der Waals surface area contributed by atoms with Gasteiger partial charge in [0.1, 0.15) is 0 Å². The molecule has 86 valence electrons. The molecule has 0 aliphatic heterocycles. The van der Waals surface area contributed by atoms with Crippen LogP contribution < -0.4 is 5.32 Å². The summed E-state index contributed by atoms with van der Waals surface area (Å²) < 4.78 is 0. The first-order chi connectivity index (χ1) is 6.34. The molecule has 1 aliphatic rings. The van der Waals surface area contributed by atoms with E-state index in [9.17, 15) is 5.11 Å². The van der Waals surface area contributed by atoms with Gasteiger partial charge in [0, 0.05) is 6.04 Å². The van der Waals surface area contributed by atoms with E-state index < -0.39 is 0 Å². The van der Waals surface area contributed by atoms with Gasteiger partial charge in [-0.2, -0.15) is 0 Å². The summed E-state index contributed by atoms with van der Waals surface area (Å²) in [7, 11) is 0. The maximum Gasteiger partial charge on any atom is 0.0693 e. The van der Waals surface area contributed by atoms with Crippen LogP contribution in [0.2, 0.25) is 0 Å². The molecule has 1 saturated carbocycles. The normalized spacial score (nSPS) is 27.9. The van der Waals surface area contributed by atoms with Gasteiger partial charge in [-0.05, 0) is 25.8 Å². The average molecular weight is 222 g/mol. The third-order valence-electron chi connectivity index (χ3n) is 2.92. The van der Waals surface area contributed by atoms with Crippen LogP contribution in [0.1, 0.15) is 51.9 Å². The van der Waals surface area contributed by atoms with Crippen LogP contribution in [-0.4, -0.2) is 23.8 Å². The maximum absolute atomic E-state index is 9.79. The molecule has 0 saturated heterocycles. The number of nitrogens with one attached hydrogen (secondary N) is 1. The summed E-state index contributed by atoms with van der Waals surface area (Å²) in [6.07, 6.45) is 8.28. The SMILES string of the molecule is CCCCNC1CCCCCC1O.Cl. The first-order valence-corrected chi connectivity index (χ1v) is 5.76. The van der Waals surface area contributed by atoms with Crippen molar-refractivity contribution in [1.82, 2.24) is 5.32 Å². The highest BCUT2D eigenvalue weighted by Gasteiger charge is 2.20. The summed E-state index contributed by atoms with van der Waals surface area (Å²) >= 11 is 0. The number of aliphatic hydroxyl groups excluding tert-OH is 1. The van der Waals surface area contributed by atoms with Gasteiger partial charge >= 0.3 is 0 Å². The third-order valence-corrected chi connectivity index (χ3v) is 2.92. The van der Waals surface area contributed by atoms with Crippen LogP contribution >= 0.6 is 12.4 Å². The van der Waals surface area contributed by atoms with E-state index in [0.717, 1.165) is 19.4 Å². The lowest BCUT2D eigenvalue weighted by atomic mass is 10.1. The standard InChI is InChI=1S/C11H23NO.ClH/c1-2-3-9-12-10-7-5-4-6-8-11(10)13;/h10-13H,2-9H2,1H3;1H. The lowest BCUT2D eigenvalue weighted by Crippen LogP contribution is -2.39. The highest BCUT2D eigenvalue weighted by molar-refractivity contribution is 5.85. The van der Waals surface area contributed by atoms with E-state index >= 15 is 0 Å². The monoisotopic (exact) mass is 221 g/mol. The molecule has 1 aliphatic carbocycles. The van der Waals surface area contributed by atoms with E-state index in [-0.39, 0.29) is 18.5 Å². The Balaban J connectivity index is 0.00000169. The number of rotatable bonds is 4. The van der Waals surface area contributed by atoms with Crippen LogP contribution in [0.5, 0.6) is 0 Å². The van der Waals surface area contributed by atoms with Crippen molar-refractivity contribution < 1.29 is 5.11 Å². The van der Waals surface area contributed by atoms with E-state index in [0.29, 0.717) is 6.04 Å². The fraction of sp³-hybridized carbons (Fsp3) is 1.00. The van der Waals surface area contributed by atoms with Gasteiger partial charge in [0.15, 0.2) is 0 Å². The zero-order valence-corrected chi connectivity index (χ0v) is 9.98. The fourth-order valence-corrected chi connectivity index (χ4v) is 1.99. The second-order valence-electron chi connectivity index (χ2n) is 4.12. The molecule has 2 atom stereocenters. The molecule has 0 amide bonds. The molecule has 0 aromatic carbocycles. The van der Waals surface area contributed by atoms with Crippen LogP contribution in [0, 0.1) is 0 Å². The topological polar surface area (TPSA) is 32.3 Å². The first-order valence-electron chi connectivity index (χ1n) is 5.76. The lowest BCUT2D eigenvalue weighted by molar-refractivity contribution is 0.120. The molecule has 1 fully saturated rings. The lowest BCUT2D eigenvalue weighted by Gasteiger charge is -2.21. The van der Waals surface area contributed by atoms with Crippen molar-refractivity contribution in [2.45, 2.75) is 64.0 Å². The van der Waals surface area contributed by atoms with E-state index in [2.05, 4.69) is 12.2 Å². The Labute approximate surface area is 93.9 Å². The number of hydrogen-bond donors (Lipinski definition) is 2. The molecule has 2 unspecified atom stereocenters. The van der Waals surface area contributed by atoms with Crippen LogP contribution in [0.25, 0.3) is 0 Å². The van der Waals surface area contributed by atoms with Crippen molar-refractivity contribution >= 4 is 12.4 Å². The molecule has 0 bridgehead atoms. The Morgan fingerprint density at radius 2 is 1.93 bits per heavy atom. The molecule has 2 N–H and O–H groups in total. The van der Waals surface area contributed by atoms with Gasteiger partial charge < -0.3 is 10.4 Å². The molecule has 0 aromatic rings. The quantitative estimate of drug-likeness (QED) is 0.565. The molecule has 14 heavy (non-hydrogen) atoms. The van der Waals surface area contributed by atoms with Crippen molar-refractivity contribution in [2.24, 2.45) is 0 Å². The number of unbranched alkanes of at least 4 members (excludes halogenated alkanes) is 1. The predicted molar refractivity (Wildman–Crippen MR) is 63.0 cm³/mol. The van der Waals surface area contributed by atoms with Crippen molar-refractivity contribution in [3.63, 3.8) is 0 Å². The summed E-state index contributed by atoms with van der Waals surface area (Å²) in [5.74, 6) is 0. The molecular weight excluding hydrogens is 198 g/mol. The molecule has 3 heteroatoms. The maximum atomic E-state index is 9.79. The van der Waals surface area contributed by atoms with Gasteiger partial charge in [-0.1, -0.05) is 32.6 Å². The van der Waals surface area contributed by atoms with Crippen molar-refractivity contribution in [3.05, 3.63) is 0 Å². The molecule has 2 nitrogen and oxygen atoms in total. The van der Waals surface area contributed by atoms with Gasteiger partial charge in [-0.25, -0.2) is 0 Å². The van der Waals surface area contributed by atoms with Gasteiger partial charge in [-0.15, -0.1) is 12.4 Å². The molecule has 0 heterocycles. The smallest absolute Gasteiger partial charge is 0.0693 e. The summed E-state index contributed by atoms with van der Waals surface area (Å²) in [5.41, 5.74) is 0. The number of hydrogen-bond acceptors (Lipinski definition) is 2. The zero-order chi connectivity index (χ0) is 9.52. The molecular formula is C11H24ClNO. The second-order valence-corrected chi connectivity index (χ2v) is 4.12. The Kier molecular flexibility index (Phi) is 8.64. The molecule has 0 spiro atoms. The fourth-order valence-electron chi connectivity index (χ4n) is 1.99. The van der Waals surface area contributed by atoms with Crippen LogP contribution in [-0.2, 0) is 0 Å². The minimum atomic E-state index is -0.0978. The van der Waals surface area contributed by atoms with Gasteiger partial charge in [0.2, 0.25) is 0 Å². The summed E-state index contributed by atoms with van der Waals surface area (Å²) in [4.78, 5) is 0. The van der Waals surface area contributed by atoms with Crippen molar-refractivity contribution in [1.29, 1.82) is 0 Å². The van der Waals surface area contributed by atoms with Crippen molar-refractivity contribution in [2.75, 3.05) is 6.54 Å². The first kappa shape index (κ1) is 14.2.